The molecule has 0 atom stereocenters. The van der Waals surface area contributed by atoms with Gasteiger partial charge in [0.25, 0.3) is 5.91 Å². The molecule has 4 rings (SSSR count). The smallest absolute Gasteiger partial charge is 0.387 e. The van der Waals surface area contributed by atoms with Crippen molar-refractivity contribution in [2.45, 2.75) is 6.61 Å². The van der Waals surface area contributed by atoms with E-state index in [1.807, 2.05) is 0 Å². The number of ether oxygens (including phenoxy) is 1. The minimum absolute atomic E-state index is 0.0427. The zero-order chi connectivity index (χ0) is 19.8. The molecule has 4 aromatic rings. The number of para-hydroxylation sites is 1. The van der Waals surface area contributed by atoms with Gasteiger partial charge < -0.3 is 14.5 Å². The van der Waals surface area contributed by atoms with Crippen LogP contribution in [-0.2, 0) is 0 Å². The highest BCUT2D eigenvalue weighted by atomic mass is 35.5. The van der Waals surface area contributed by atoms with Gasteiger partial charge in [-0.25, -0.2) is 0 Å². The molecule has 5 nitrogen and oxygen atoms in total. The van der Waals surface area contributed by atoms with Gasteiger partial charge in [-0.05, 0) is 18.2 Å². The molecule has 9 heteroatoms. The third kappa shape index (κ3) is 3.23. The van der Waals surface area contributed by atoms with Crippen molar-refractivity contribution in [1.82, 2.24) is 4.98 Å². The van der Waals surface area contributed by atoms with E-state index in [1.165, 1.54) is 24.5 Å². The van der Waals surface area contributed by atoms with Gasteiger partial charge in [0.2, 0.25) is 0 Å². The second-order valence-corrected chi connectivity index (χ2v) is 6.54. The normalized spacial score (nSPS) is 11.3. The lowest BCUT2D eigenvalue weighted by atomic mass is 10.0. The Balaban J connectivity index is 1.88. The Morgan fingerprint density at radius 2 is 1.82 bits per heavy atom. The maximum Gasteiger partial charge on any atom is 0.387 e. The molecule has 0 aliphatic heterocycles. The van der Waals surface area contributed by atoms with Crippen LogP contribution in [0.2, 0.25) is 10.0 Å². The quantitative estimate of drug-likeness (QED) is 0.428. The summed E-state index contributed by atoms with van der Waals surface area (Å²) in [7, 11) is 0. The van der Waals surface area contributed by atoms with E-state index >= 15 is 0 Å². The average molecular weight is 423 g/mol. The predicted molar refractivity (Wildman–Crippen MR) is 103 cm³/mol. The molecule has 0 bridgehead atoms. The van der Waals surface area contributed by atoms with E-state index in [4.69, 9.17) is 27.6 Å². The van der Waals surface area contributed by atoms with E-state index < -0.39 is 12.5 Å². The van der Waals surface area contributed by atoms with Gasteiger partial charge in [0.15, 0.2) is 11.3 Å². The fourth-order valence-corrected chi connectivity index (χ4v) is 3.35. The minimum Gasteiger partial charge on any atom is -0.452 e. The molecule has 0 fully saturated rings. The van der Waals surface area contributed by atoms with E-state index in [0.29, 0.717) is 16.4 Å². The second-order valence-electron chi connectivity index (χ2n) is 5.72. The maximum atomic E-state index is 12.9. The van der Waals surface area contributed by atoms with Gasteiger partial charge >= 0.3 is 6.61 Å². The average Bonchev–Trinajstić information content (AvgIpc) is 3.05. The van der Waals surface area contributed by atoms with Crippen LogP contribution in [0.3, 0.4) is 0 Å². The fourth-order valence-electron chi connectivity index (χ4n) is 2.89. The monoisotopic (exact) mass is 422 g/mol. The van der Waals surface area contributed by atoms with Crippen LogP contribution in [0.1, 0.15) is 10.4 Å². The van der Waals surface area contributed by atoms with Crippen molar-refractivity contribution in [3.8, 4) is 5.75 Å². The van der Waals surface area contributed by atoms with Crippen molar-refractivity contribution in [2.24, 2.45) is 0 Å². The topological polar surface area (TPSA) is 64.4 Å². The lowest BCUT2D eigenvalue weighted by Gasteiger charge is -2.11. The molecule has 1 amide bonds. The van der Waals surface area contributed by atoms with E-state index in [0.717, 1.165) is 0 Å². The van der Waals surface area contributed by atoms with Crippen LogP contribution < -0.4 is 10.1 Å². The second kappa shape index (κ2) is 7.26. The number of hydrogen-bond donors (Lipinski definition) is 1. The van der Waals surface area contributed by atoms with Crippen LogP contribution in [-0.4, -0.2) is 17.5 Å². The molecule has 0 saturated carbocycles. The third-order valence-corrected chi connectivity index (χ3v) is 4.62. The standard InChI is InChI=1S/C19H10Cl2F2N2O3/c20-11-7-24-8-12(21)16(11)25-18(26)10-5-6-14(28-19(22)23)17-15(10)9-3-1-2-4-13(9)27-17/h1-8,19H,(H,24,25,26). The van der Waals surface area contributed by atoms with E-state index in [2.05, 4.69) is 15.0 Å². The van der Waals surface area contributed by atoms with E-state index in [9.17, 15) is 13.6 Å². The number of fused-ring (bicyclic) bond motifs is 3. The fraction of sp³-hybridized carbons (Fsp3) is 0.0526. The number of amides is 1. The first-order chi connectivity index (χ1) is 13.5. The number of hydrogen-bond acceptors (Lipinski definition) is 4. The van der Waals surface area contributed by atoms with Crippen LogP contribution in [0.5, 0.6) is 5.75 Å². The van der Waals surface area contributed by atoms with Crippen LogP contribution in [0, 0.1) is 0 Å². The number of aromatic nitrogens is 1. The lowest BCUT2D eigenvalue weighted by molar-refractivity contribution is -0.0493. The van der Waals surface area contributed by atoms with Crippen LogP contribution in [0.4, 0.5) is 14.5 Å². The highest BCUT2D eigenvalue weighted by Crippen LogP contribution is 2.38. The summed E-state index contributed by atoms with van der Waals surface area (Å²) in [5.74, 6) is -0.715. The molecule has 2 heterocycles. The molecule has 1 N–H and O–H groups in total. The predicted octanol–water partition coefficient (Wildman–Crippen LogP) is 6.14. The number of carbonyl (C=O) groups excluding carboxylic acids is 1. The zero-order valence-corrected chi connectivity index (χ0v) is 15.4. The van der Waals surface area contributed by atoms with Gasteiger partial charge in [-0.3, -0.25) is 9.78 Å². The molecule has 0 aliphatic rings. The van der Waals surface area contributed by atoms with Crippen molar-refractivity contribution in [1.29, 1.82) is 0 Å². The number of carbonyl (C=O) groups is 1. The van der Waals surface area contributed by atoms with Gasteiger partial charge in [-0.2, -0.15) is 8.78 Å². The summed E-state index contributed by atoms with van der Waals surface area (Å²) in [6, 6.07) is 9.49. The molecular formula is C19H10Cl2F2N2O3. The first kappa shape index (κ1) is 18.5. The number of anilines is 1. The summed E-state index contributed by atoms with van der Waals surface area (Å²) >= 11 is 12.1. The summed E-state index contributed by atoms with van der Waals surface area (Å²) in [5, 5.41) is 3.86. The number of furan rings is 1. The molecular weight excluding hydrogens is 413 g/mol. The Morgan fingerprint density at radius 1 is 1.11 bits per heavy atom. The first-order valence-electron chi connectivity index (χ1n) is 7.95. The van der Waals surface area contributed by atoms with Crippen molar-refractivity contribution < 1.29 is 22.7 Å². The Morgan fingerprint density at radius 3 is 2.54 bits per heavy atom. The van der Waals surface area contributed by atoms with Gasteiger partial charge in [0.05, 0.1) is 21.3 Å². The van der Waals surface area contributed by atoms with Gasteiger partial charge in [0.1, 0.15) is 5.58 Å². The molecule has 142 valence electrons. The zero-order valence-electron chi connectivity index (χ0n) is 13.9. The Kier molecular flexibility index (Phi) is 4.78. The summed E-state index contributed by atoms with van der Waals surface area (Å²) in [4.78, 5) is 16.8. The summed E-state index contributed by atoms with van der Waals surface area (Å²) < 4.78 is 35.7. The van der Waals surface area contributed by atoms with Crippen LogP contribution >= 0.6 is 23.2 Å². The maximum absolute atomic E-state index is 12.9. The Labute approximate surface area is 166 Å². The van der Waals surface area contributed by atoms with E-state index in [-0.39, 0.29) is 32.6 Å². The number of rotatable bonds is 4. The first-order valence-corrected chi connectivity index (χ1v) is 8.70. The van der Waals surface area contributed by atoms with E-state index in [1.54, 1.807) is 24.3 Å². The SMILES string of the molecule is O=C(Nc1c(Cl)cncc1Cl)c1ccc(OC(F)F)c2oc3ccccc3c12. The molecule has 0 saturated heterocycles. The van der Waals surface area contributed by atoms with Crippen molar-refractivity contribution >= 4 is 56.7 Å². The molecule has 0 unspecified atom stereocenters. The summed E-state index contributed by atoms with van der Waals surface area (Å²) in [6.07, 6.45) is 2.68. The Hall–Kier alpha value is -2.90. The summed E-state index contributed by atoms with van der Waals surface area (Å²) in [6.45, 7) is -3.04. The van der Waals surface area contributed by atoms with Crippen molar-refractivity contribution in [3.63, 3.8) is 0 Å². The van der Waals surface area contributed by atoms with Crippen molar-refractivity contribution in [3.05, 3.63) is 64.4 Å². The van der Waals surface area contributed by atoms with Crippen molar-refractivity contribution in [2.75, 3.05) is 5.32 Å². The molecule has 2 aromatic carbocycles. The van der Waals surface area contributed by atoms with Gasteiger partial charge in [-0.1, -0.05) is 41.4 Å². The molecule has 2 aromatic heterocycles. The van der Waals surface area contributed by atoms with Crippen LogP contribution in [0.15, 0.2) is 53.2 Å². The highest BCUT2D eigenvalue weighted by Gasteiger charge is 2.22. The highest BCUT2D eigenvalue weighted by molar-refractivity contribution is 6.40. The lowest BCUT2D eigenvalue weighted by Crippen LogP contribution is -2.13. The largest absolute Gasteiger partial charge is 0.452 e. The number of halogens is 4. The molecule has 0 spiro atoms. The third-order valence-electron chi connectivity index (χ3n) is 4.04. The Bertz CT molecular complexity index is 1190. The molecule has 28 heavy (non-hydrogen) atoms. The number of pyridine rings is 1. The summed E-state index contributed by atoms with van der Waals surface area (Å²) in [5.41, 5.74) is 0.848. The van der Waals surface area contributed by atoms with Gasteiger partial charge in [-0.15, -0.1) is 0 Å². The number of benzene rings is 2. The van der Waals surface area contributed by atoms with Gasteiger partial charge in [0, 0.05) is 23.2 Å². The molecule has 0 radical (unpaired) electrons. The molecule has 0 aliphatic carbocycles. The number of nitrogens with zero attached hydrogens (tertiary/aromatic N) is 1. The minimum atomic E-state index is -3.04. The number of alkyl halides is 2. The number of nitrogens with one attached hydrogen (secondary N) is 1. The van der Waals surface area contributed by atoms with Crippen LogP contribution in [0.25, 0.3) is 21.9 Å².